The fourth-order valence-corrected chi connectivity index (χ4v) is 4.65. The lowest BCUT2D eigenvalue weighted by Gasteiger charge is -2.33. The molecular formula is C33H37N5O3. The van der Waals surface area contributed by atoms with Crippen molar-refractivity contribution in [3.8, 4) is 11.3 Å². The summed E-state index contributed by atoms with van der Waals surface area (Å²) >= 11 is 0. The molecular weight excluding hydrogens is 514 g/mol. The third kappa shape index (κ3) is 7.99. The molecule has 0 aliphatic heterocycles. The van der Waals surface area contributed by atoms with Crippen LogP contribution in [-0.4, -0.2) is 69.7 Å². The Hall–Kier alpha value is -4.56. The van der Waals surface area contributed by atoms with Crippen molar-refractivity contribution in [2.75, 3.05) is 27.3 Å². The summed E-state index contributed by atoms with van der Waals surface area (Å²) in [7, 11) is 5.19. The van der Waals surface area contributed by atoms with Crippen molar-refractivity contribution in [3.05, 3.63) is 114 Å². The van der Waals surface area contributed by atoms with Crippen LogP contribution in [0.15, 0.2) is 91.1 Å². The van der Waals surface area contributed by atoms with Gasteiger partial charge in [-0.2, -0.15) is 5.10 Å². The number of ether oxygens (including phenoxy) is 1. The molecule has 2 heterocycles. The summed E-state index contributed by atoms with van der Waals surface area (Å²) in [5.74, 6) is -0.402. The van der Waals surface area contributed by atoms with E-state index in [0.717, 1.165) is 33.8 Å². The Kier molecular flexibility index (Phi) is 10.2. The van der Waals surface area contributed by atoms with Gasteiger partial charge in [0.15, 0.2) is 0 Å². The minimum Gasteiger partial charge on any atom is -0.383 e. The number of likely N-dealkylation sites (N-methyl/N-ethyl adjacent to an activating group) is 1. The first-order valence-electron chi connectivity index (χ1n) is 13.6. The minimum atomic E-state index is -0.722. The lowest BCUT2D eigenvalue weighted by Crippen LogP contribution is -2.51. The van der Waals surface area contributed by atoms with E-state index in [0.29, 0.717) is 19.6 Å². The number of carbonyl (C=O) groups is 2. The second-order valence-electron chi connectivity index (χ2n) is 10.0. The lowest BCUT2D eigenvalue weighted by atomic mass is 10.0. The fourth-order valence-electron chi connectivity index (χ4n) is 4.65. The van der Waals surface area contributed by atoms with E-state index < -0.39 is 6.04 Å². The molecule has 41 heavy (non-hydrogen) atoms. The molecule has 1 unspecified atom stereocenters. The zero-order valence-corrected chi connectivity index (χ0v) is 24.1. The van der Waals surface area contributed by atoms with E-state index in [2.05, 4.69) is 10.1 Å². The Morgan fingerprint density at radius 1 is 1.00 bits per heavy atom. The third-order valence-corrected chi connectivity index (χ3v) is 6.93. The van der Waals surface area contributed by atoms with Crippen LogP contribution in [0.1, 0.15) is 22.5 Å². The molecule has 8 heteroatoms. The predicted octanol–water partition coefficient (Wildman–Crippen LogP) is 4.55. The number of hydrogen-bond donors (Lipinski definition) is 0. The molecule has 0 fully saturated rings. The van der Waals surface area contributed by atoms with E-state index in [1.807, 2.05) is 92.8 Å². The summed E-state index contributed by atoms with van der Waals surface area (Å²) < 4.78 is 6.94. The summed E-state index contributed by atoms with van der Waals surface area (Å²) in [4.78, 5) is 35.5. The van der Waals surface area contributed by atoms with Crippen LogP contribution in [0.5, 0.6) is 0 Å². The largest absolute Gasteiger partial charge is 0.383 e. The average molecular weight is 552 g/mol. The van der Waals surface area contributed by atoms with Crippen molar-refractivity contribution < 1.29 is 14.3 Å². The first-order chi connectivity index (χ1) is 19.9. The van der Waals surface area contributed by atoms with E-state index in [1.165, 1.54) is 6.08 Å². The molecule has 0 aliphatic rings. The number of benzene rings is 2. The highest BCUT2D eigenvalue weighted by molar-refractivity contribution is 5.95. The van der Waals surface area contributed by atoms with Gasteiger partial charge in [0.1, 0.15) is 6.04 Å². The molecule has 4 aromatic rings. The molecule has 0 saturated carbocycles. The second-order valence-corrected chi connectivity index (χ2v) is 10.0. The highest BCUT2D eigenvalue weighted by atomic mass is 16.5. The highest BCUT2D eigenvalue weighted by Gasteiger charge is 2.31. The molecule has 2 aromatic heterocycles. The first-order valence-corrected chi connectivity index (χ1v) is 13.6. The molecule has 212 valence electrons. The maximum Gasteiger partial charge on any atom is 0.247 e. The first kappa shape index (κ1) is 29.4. The maximum atomic E-state index is 13.9. The standard InChI is InChI=1S/C33H37N5O3/c1-25-22-29(37(3)35-25)17-18-32(39)38(24-27-13-15-28(16-14-27)30-12-8-9-19-34-30)31(23-26-10-6-5-7-11-26)33(40)36(2)20-21-41-4/h5-19,22,31H,20-21,23-24H2,1-4H3. The van der Waals surface area contributed by atoms with Crippen molar-refractivity contribution in [1.29, 1.82) is 0 Å². The summed E-state index contributed by atoms with van der Waals surface area (Å²) in [5.41, 5.74) is 5.40. The summed E-state index contributed by atoms with van der Waals surface area (Å²) in [6.07, 6.45) is 5.42. The fraction of sp³-hybridized carbons (Fsp3) is 0.273. The van der Waals surface area contributed by atoms with Gasteiger partial charge in [-0.25, -0.2) is 0 Å². The summed E-state index contributed by atoms with van der Waals surface area (Å²) in [6, 6.07) is 24.7. The normalized spacial score (nSPS) is 11.9. The zero-order chi connectivity index (χ0) is 29.2. The molecule has 2 aromatic carbocycles. The van der Waals surface area contributed by atoms with E-state index in [4.69, 9.17) is 4.74 Å². The molecule has 0 aliphatic carbocycles. The maximum absolute atomic E-state index is 13.9. The summed E-state index contributed by atoms with van der Waals surface area (Å²) in [5, 5.41) is 4.37. The summed E-state index contributed by atoms with van der Waals surface area (Å²) in [6.45, 7) is 3.00. The molecule has 0 spiro atoms. The zero-order valence-electron chi connectivity index (χ0n) is 24.1. The van der Waals surface area contributed by atoms with Gasteiger partial charge in [0.25, 0.3) is 0 Å². The average Bonchev–Trinajstić information content (AvgIpc) is 3.33. The Labute approximate surface area is 241 Å². The van der Waals surface area contributed by atoms with Crippen molar-refractivity contribution in [2.45, 2.75) is 25.9 Å². The van der Waals surface area contributed by atoms with Gasteiger partial charge >= 0.3 is 0 Å². The third-order valence-electron chi connectivity index (χ3n) is 6.93. The topological polar surface area (TPSA) is 80.6 Å². The minimum absolute atomic E-state index is 0.144. The Morgan fingerprint density at radius 2 is 1.73 bits per heavy atom. The van der Waals surface area contributed by atoms with Crippen LogP contribution >= 0.6 is 0 Å². The van der Waals surface area contributed by atoms with E-state index >= 15 is 0 Å². The molecule has 1 atom stereocenters. The van der Waals surface area contributed by atoms with Crippen LogP contribution < -0.4 is 0 Å². The van der Waals surface area contributed by atoms with Gasteiger partial charge < -0.3 is 14.5 Å². The second kappa shape index (κ2) is 14.2. The van der Waals surface area contributed by atoms with Crippen LogP contribution in [0.4, 0.5) is 0 Å². The van der Waals surface area contributed by atoms with Gasteiger partial charge in [-0.3, -0.25) is 19.3 Å². The van der Waals surface area contributed by atoms with Gasteiger partial charge in [0.2, 0.25) is 11.8 Å². The molecule has 8 nitrogen and oxygen atoms in total. The molecule has 4 rings (SSSR count). The number of aromatic nitrogens is 3. The van der Waals surface area contributed by atoms with E-state index in [1.54, 1.807) is 40.9 Å². The number of carbonyl (C=O) groups excluding carboxylic acids is 2. The van der Waals surface area contributed by atoms with Crippen LogP contribution in [0, 0.1) is 6.92 Å². The quantitative estimate of drug-likeness (QED) is 0.242. The predicted molar refractivity (Wildman–Crippen MR) is 161 cm³/mol. The number of nitrogens with zero attached hydrogens (tertiary/aromatic N) is 5. The van der Waals surface area contributed by atoms with Gasteiger partial charge in [0.05, 0.1) is 23.7 Å². The van der Waals surface area contributed by atoms with E-state index in [9.17, 15) is 9.59 Å². The Morgan fingerprint density at radius 3 is 2.37 bits per heavy atom. The Balaban J connectivity index is 1.69. The Bertz CT molecular complexity index is 1450. The number of amides is 2. The van der Waals surface area contributed by atoms with Gasteiger partial charge in [-0.1, -0.05) is 60.7 Å². The van der Waals surface area contributed by atoms with Gasteiger partial charge in [0, 0.05) is 58.6 Å². The SMILES string of the molecule is COCCN(C)C(=O)C(Cc1ccccc1)N(Cc1ccc(-c2ccccn2)cc1)C(=O)C=Cc1cc(C)nn1C. The highest BCUT2D eigenvalue weighted by Crippen LogP contribution is 2.21. The van der Waals surface area contributed by atoms with E-state index in [-0.39, 0.29) is 18.4 Å². The lowest BCUT2D eigenvalue weighted by molar-refractivity contribution is -0.143. The molecule has 0 bridgehead atoms. The van der Waals surface area contributed by atoms with Crippen molar-refractivity contribution in [2.24, 2.45) is 7.05 Å². The number of hydrogen-bond acceptors (Lipinski definition) is 5. The van der Waals surface area contributed by atoms with Crippen LogP contribution in [0.2, 0.25) is 0 Å². The van der Waals surface area contributed by atoms with Crippen LogP contribution in [-0.2, 0) is 34.3 Å². The van der Waals surface area contributed by atoms with Crippen molar-refractivity contribution in [1.82, 2.24) is 24.6 Å². The van der Waals surface area contributed by atoms with Gasteiger partial charge in [-0.05, 0) is 42.3 Å². The molecule has 2 amide bonds. The van der Waals surface area contributed by atoms with Gasteiger partial charge in [-0.15, -0.1) is 0 Å². The van der Waals surface area contributed by atoms with Crippen molar-refractivity contribution >= 4 is 17.9 Å². The number of aryl methyl sites for hydroxylation is 2. The molecule has 0 N–H and O–H groups in total. The number of methoxy groups -OCH3 is 1. The van der Waals surface area contributed by atoms with Crippen molar-refractivity contribution in [3.63, 3.8) is 0 Å². The van der Waals surface area contributed by atoms with Crippen LogP contribution in [0.25, 0.3) is 17.3 Å². The monoisotopic (exact) mass is 551 g/mol. The molecule has 0 saturated heterocycles. The smallest absolute Gasteiger partial charge is 0.247 e. The molecule has 0 radical (unpaired) electrons. The number of rotatable bonds is 12. The van der Waals surface area contributed by atoms with Crippen LogP contribution in [0.3, 0.4) is 0 Å². The number of pyridine rings is 1.